The number of nitrogens with zero attached hydrogens (tertiary/aromatic N) is 1. The molecular formula is C14H22N2O3S. The van der Waals surface area contributed by atoms with E-state index in [9.17, 15) is 8.42 Å². The Morgan fingerprint density at radius 1 is 1.35 bits per heavy atom. The summed E-state index contributed by atoms with van der Waals surface area (Å²) in [6.07, 6.45) is 2.71. The summed E-state index contributed by atoms with van der Waals surface area (Å²) < 4.78 is 31.7. The fourth-order valence-corrected chi connectivity index (χ4v) is 3.55. The van der Waals surface area contributed by atoms with Gasteiger partial charge in [-0.3, -0.25) is 0 Å². The summed E-state index contributed by atoms with van der Waals surface area (Å²) >= 11 is 0. The van der Waals surface area contributed by atoms with Gasteiger partial charge in [0.15, 0.2) is 0 Å². The van der Waals surface area contributed by atoms with Crippen LogP contribution in [0.3, 0.4) is 0 Å². The standard InChI is InChI=1S/C14H22N2O3S/c1-16(11-13-3-2-10-19-13)20(17,18)14-6-4-12(5-7-14)8-9-15/h4-7,13H,2-3,8-11,15H2,1H3. The van der Waals surface area contributed by atoms with Gasteiger partial charge in [0.05, 0.1) is 11.0 Å². The van der Waals surface area contributed by atoms with Gasteiger partial charge in [0.2, 0.25) is 10.0 Å². The van der Waals surface area contributed by atoms with Crippen LogP contribution >= 0.6 is 0 Å². The summed E-state index contributed by atoms with van der Waals surface area (Å²) in [5.74, 6) is 0. The first kappa shape index (κ1) is 15.4. The Balaban J connectivity index is 2.07. The molecule has 20 heavy (non-hydrogen) atoms. The summed E-state index contributed by atoms with van der Waals surface area (Å²) in [4.78, 5) is 0.318. The van der Waals surface area contributed by atoms with Crippen molar-refractivity contribution in [2.24, 2.45) is 5.73 Å². The molecule has 0 spiro atoms. The number of benzene rings is 1. The van der Waals surface area contributed by atoms with Crippen LogP contribution in [0.15, 0.2) is 29.2 Å². The Morgan fingerprint density at radius 2 is 2.05 bits per heavy atom. The predicted molar refractivity (Wildman–Crippen MR) is 78.0 cm³/mol. The summed E-state index contributed by atoms with van der Waals surface area (Å²) in [6, 6.07) is 6.93. The molecule has 2 N–H and O–H groups in total. The Kier molecular flexibility index (Phi) is 5.15. The SMILES string of the molecule is CN(CC1CCCO1)S(=O)(=O)c1ccc(CCN)cc1. The van der Waals surface area contributed by atoms with Crippen LogP contribution in [0.2, 0.25) is 0 Å². The second kappa shape index (κ2) is 6.67. The molecule has 0 aliphatic carbocycles. The number of rotatable bonds is 6. The van der Waals surface area contributed by atoms with Crippen molar-refractivity contribution in [2.75, 3.05) is 26.7 Å². The highest BCUT2D eigenvalue weighted by atomic mass is 32.2. The number of hydrogen-bond acceptors (Lipinski definition) is 4. The number of likely N-dealkylation sites (N-methyl/N-ethyl adjacent to an activating group) is 1. The minimum Gasteiger partial charge on any atom is -0.377 e. The molecule has 0 aromatic heterocycles. The molecule has 1 aromatic rings. The molecule has 1 aliphatic heterocycles. The third kappa shape index (κ3) is 3.58. The van der Waals surface area contributed by atoms with Crippen LogP contribution in [0.4, 0.5) is 0 Å². The van der Waals surface area contributed by atoms with E-state index in [0.29, 0.717) is 18.0 Å². The van der Waals surface area contributed by atoms with Gasteiger partial charge < -0.3 is 10.5 Å². The van der Waals surface area contributed by atoms with Gasteiger partial charge in [0, 0.05) is 20.2 Å². The van der Waals surface area contributed by atoms with Crippen LogP contribution in [0.25, 0.3) is 0 Å². The van der Waals surface area contributed by atoms with E-state index in [1.807, 2.05) is 12.1 Å². The minimum atomic E-state index is -3.44. The summed E-state index contributed by atoms with van der Waals surface area (Å²) in [6.45, 7) is 1.70. The number of nitrogens with two attached hydrogens (primary N) is 1. The summed E-state index contributed by atoms with van der Waals surface area (Å²) in [7, 11) is -1.83. The molecule has 1 unspecified atom stereocenters. The first-order valence-electron chi connectivity index (χ1n) is 6.91. The van der Waals surface area contributed by atoms with Crippen molar-refractivity contribution in [1.82, 2.24) is 4.31 Å². The first-order valence-corrected chi connectivity index (χ1v) is 8.35. The van der Waals surface area contributed by atoms with Gasteiger partial charge in [-0.05, 0) is 43.5 Å². The molecule has 0 amide bonds. The van der Waals surface area contributed by atoms with Crippen LogP contribution in [0.5, 0.6) is 0 Å². The number of ether oxygens (including phenoxy) is 1. The monoisotopic (exact) mass is 298 g/mol. The Labute approximate surface area is 120 Å². The molecule has 2 rings (SSSR count). The molecule has 0 saturated carbocycles. The molecule has 5 nitrogen and oxygen atoms in total. The maximum atomic E-state index is 12.4. The van der Waals surface area contributed by atoms with E-state index in [1.165, 1.54) is 4.31 Å². The molecular weight excluding hydrogens is 276 g/mol. The summed E-state index contributed by atoms with van der Waals surface area (Å²) in [5.41, 5.74) is 6.53. The largest absolute Gasteiger partial charge is 0.377 e. The van der Waals surface area contributed by atoms with E-state index >= 15 is 0 Å². The lowest BCUT2D eigenvalue weighted by molar-refractivity contribution is 0.0979. The molecule has 6 heteroatoms. The average molecular weight is 298 g/mol. The van der Waals surface area contributed by atoms with Crippen molar-refractivity contribution in [3.63, 3.8) is 0 Å². The van der Waals surface area contributed by atoms with E-state index in [2.05, 4.69) is 0 Å². The zero-order valence-electron chi connectivity index (χ0n) is 11.8. The number of sulfonamides is 1. The molecule has 1 atom stereocenters. The molecule has 1 fully saturated rings. The van der Waals surface area contributed by atoms with Crippen LogP contribution in [-0.2, 0) is 21.2 Å². The van der Waals surface area contributed by atoms with Gasteiger partial charge in [0.25, 0.3) is 0 Å². The van der Waals surface area contributed by atoms with Crippen LogP contribution in [-0.4, -0.2) is 45.6 Å². The fraction of sp³-hybridized carbons (Fsp3) is 0.571. The van der Waals surface area contributed by atoms with Gasteiger partial charge in [-0.15, -0.1) is 0 Å². The fourth-order valence-electron chi connectivity index (χ4n) is 2.35. The second-order valence-corrected chi connectivity index (χ2v) is 7.15. The normalized spacial score (nSPS) is 19.6. The quantitative estimate of drug-likeness (QED) is 0.850. The molecule has 1 aromatic carbocycles. The van der Waals surface area contributed by atoms with E-state index in [-0.39, 0.29) is 6.10 Å². The minimum absolute atomic E-state index is 0.0197. The zero-order valence-corrected chi connectivity index (χ0v) is 12.6. The molecule has 112 valence electrons. The third-order valence-electron chi connectivity index (χ3n) is 3.55. The van der Waals surface area contributed by atoms with Crippen LogP contribution in [0.1, 0.15) is 18.4 Å². The van der Waals surface area contributed by atoms with Gasteiger partial charge in [-0.25, -0.2) is 8.42 Å². The zero-order chi connectivity index (χ0) is 14.6. The van der Waals surface area contributed by atoms with E-state index in [4.69, 9.17) is 10.5 Å². The Morgan fingerprint density at radius 3 is 2.60 bits per heavy atom. The molecule has 1 heterocycles. The van der Waals surface area contributed by atoms with Crippen molar-refractivity contribution in [1.29, 1.82) is 0 Å². The first-order chi connectivity index (χ1) is 9.54. The number of hydrogen-bond donors (Lipinski definition) is 1. The predicted octanol–water partition coefficient (Wildman–Crippen LogP) is 0.987. The lowest BCUT2D eigenvalue weighted by Crippen LogP contribution is -2.34. The highest BCUT2D eigenvalue weighted by molar-refractivity contribution is 7.89. The molecule has 1 saturated heterocycles. The van der Waals surface area contributed by atoms with Crippen LogP contribution < -0.4 is 5.73 Å². The highest BCUT2D eigenvalue weighted by Crippen LogP contribution is 2.19. The van der Waals surface area contributed by atoms with Gasteiger partial charge in [0.1, 0.15) is 0 Å². The Bertz CT molecular complexity index is 522. The third-order valence-corrected chi connectivity index (χ3v) is 5.39. The maximum Gasteiger partial charge on any atom is 0.242 e. The van der Waals surface area contributed by atoms with Crippen molar-refractivity contribution < 1.29 is 13.2 Å². The lowest BCUT2D eigenvalue weighted by Gasteiger charge is -2.20. The maximum absolute atomic E-state index is 12.4. The van der Waals surface area contributed by atoms with Gasteiger partial charge in [-0.2, -0.15) is 4.31 Å². The van der Waals surface area contributed by atoms with E-state index in [1.54, 1.807) is 19.2 Å². The summed E-state index contributed by atoms with van der Waals surface area (Å²) in [5, 5.41) is 0. The van der Waals surface area contributed by atoms with Crippen LogP contribution in [0, 0.1) is 0 Å². The molecule has 0 bridgehead atoms. The average Bonchev–Trinajstić information content (AvgIpc) is 2.92. The van der Waals surface area contributed by atoms with Crippen molar-refractivity contribution in [2.45, 2.75) is 30.3 Å². The second-order valence-electron chi connectivity index (χ2n) is 5.10. The van der Waals surface area contributed by atoms with Gasteiger partial charge in [-0.1, -0.05) is 12.1 Å². The van der Waals surface area contributed by atoms with Crippen molar-refractivity contribution >= 4 is 10.0 Å². The molecule has 0 radical (unpaired) electrons. The highest BCUT2D eigenvalue weighted by Gasteiger charge is 2.25. The Hall–Kier alpha value is -0.950. The molecule has 1 aliphatic rings. The topological polar surface area (TPSA) is 72.6 Å². The lowest BCUT2D eigenvalue weighted by atomic mass is 10.2. The van der Waals surface area contributed by atoms with Crippen molar-refractivity contribution in [3.8, 4) is 0 Å². The van der Waals surface area contributed by atoms with Gasteiger partial charge >= 0.3 is 0 Å². The van der Waals surface area contributed by atoms with E-state index in [0.717, 1.165) is 31.4 Å². The smallest absolute Gasteiger partial charge is 0.242 e. The van der Waals surface area contributed by atoms with E-state index < -0.39 is 10.0 Å². The van der Waals surface area contributed by atoms with Crippen molar-refractivity contribution in [3.05, 3.63) is 29.8 Å².